The molecule has 1 aliphatic rings. The molecular formula is C25H30N2O2S. The number of benzene rings is 2. The van der Waals surface area contributed by atoms with Gasteiger partial charge in [-0.2, -0.15) is 0 Å². The number of likely N-dealkylation sites (tertiary alicyclic amines) is 1. The van der Waals surface area contributed by atoms with Crippen molar-refractivity contribution in [1.82, 2.24) is 9.80 Å². The van der Waals surface area contributed by atoms with Crippen LogP contribution in [0.3, 0.4) is 0 Å². The molecule has 3 rings (SSSR count). The Labute approximate surface area is 184 Å². The maximum Gasteiger partial charge on any atom is 0.253 e. The molecule has 158 valence electrons. The molecular weight excluding hydrogens is 392 g/mol. The maximum absolute atomic E-state index is 12.9. The van der Waals surface area contributed by atoms with E-state index in [9.17, 15) is 9.59 Å². The predicted molar refractivity (Wildman–Crippen MR) is 125 cm³/mol. The molecule has 4 nitrogen and oxygen atoms in total. The van der Waals surface area contributed by atoms with Crippen molar-refractivity contribution in [3.63, 3.8) is 0 Å². The number of hydrogen-bond acceptors (Lipinski definition) is 3. The van der Waals surface area contributed by atoms with E-state index in [1.54, 1.807) is 17.8 Å². The van der Waals surface area contributed by atoms with Gasteiger partial charge in [-0.1, -0.05) is 37.3 Å². The normalized spacial score (nSPS) is 14.8. The highest BCUT2D eigenvalue weighted by atomic mass is 32.2. The summed E-state index contributed by atoms with van der Waals surface area (Å²) in [5.41, 5.74) is 1.76. The average Bonchev–Trinajstić information content (AvgIpc) is 2.81. The van der Waals surface area contributed by atoms with Crippen LogP contribution in [-0.2, 0) is 4.79 Å². The lowest BCUT2D eigenvalue weighted by molar-refractivity contribution is -0.129. The number of rotatable bonds is 7. The predicted octanol–water partition coefficient (Wildman–Crippen LogP) is 4.97. The SMILES string of the molecule is CCCN(C(=O)/C=C/c1ccc(SC)cc1)C1CCN(C(=O)c2ccccc2)CC1. The van der Waals surface area contributed by atoms with Crippen LogP contribution in [0, 0.1) is 0 Å². The Morgan fingerprint density at radius 3 is 2.33 bits per heavy atom. The molecule has 2 aromatic carbocycles. The number of carbonyl (C=O) groups is 2. The van der Waals surface area contributed by atoms with E-state index in [0.29, 0.717) is 13.1 Å². The van der Waals surface area contributed by atoms with Crippen molar-refractivity contribution >= 4 is 29.7 Å². The third kappa shape index (κ3) is 5.76. The molecule has 1 fully saturated rings. The first-order chi connectivity index (χ1) is 14.6. The fourth-order valence-corrected chi connectivity index (χ4v) is 4.24. The molecule has 5 heteroatoms. The van der Waals surface area contributed by atoms with Gasteiger partial charge in [0.15, 0.2) is 0 Å². The van der Waals surface area contributed by atoms with Crippen molar-refractivity contribution in [3.05, 3.63) is 71.8 Å². The molecule has 0 bridgehead atoms. The van der Waals surface area contributed by atoms with Crippen molar-refractivity contribution in [1.29, 1.82) is 0 Å². The molecule has 2 aromatic rings. The lowest BCUT2D eigenvalue weighted by atomic mass is 10.0. The summed E-state index contributed by atoms with van der Waals surface area (Å²) in [6, 6.07) is 17.8. The van der Waals surface area contributed by atoms with Gasteiger partial charge in [0.1, 0.15) is 0 Å². The van der Waals surface area contributed by atoms with Crippen molar-refractivity contribution in [2.45, 2.75) is 37.1 Å². The number of nitrogens with zero attached hydrogens (tertiary/aromatic N) is 2. The van der Waals surface area contributed by atoms with Crippen molar-refractivity contribution in [2.75, 3.05) is 25.9 Å². The molecule has 2 amide bonds. The zero-order chi connectivity index (χ0) is 21.3. The molecule has 0 saturated carbocycles. The van der Waals surface area contributed by atoms with Crippen LogP contribution >= 0.6 is 11.8 Å². The summed E-state index contributed by atoms with van der Waals surface area (Å²) in [7, 11) is 0. The van der Waals surface area contributed by atoms with Crippen LogP contribution in [0.4, 0.5) is 0 Å². The van der Waals surface area contributed by atoms with E-state index < -0.39 is 0 Å². The molecule has 0 aliphatic carbocycles. The minimum Gasteiger partial charge on any atom is -0.338 e. The molecule has 0 radical (unpaired) electrons. The van der Waals surface area contributed by atoms with E-state index >= 15 is 0 Å². The fraction of sp³-hybridized carbons (Fsp3) is 0.360. The Kier molecular flexibility index (Phi) is 8.14. The summed E-state index contributed by atoms with van der Waals surface area (Å²) in [4.78, 5) is 30.7. The summed E-state index contributed by atoms with van der Waals surface area (Å²) in [6.45, 7) is 4.21. The average molecular weight is 423 g/mol. The van der Waals surface area contributed by atoms with Crippen molar-refractivity contribution < 1.29 is 9.59 Å². The van der Waals surface area contributed by atoms with Gasteiger partial charge in [-0.3, -0.25) is 9.59 Å². The van der Waals surface area contributed by atoms with E-state index in [1.165, 1.54) is 4.90 Å². The van der Waals surface area contributed by atoms with Gasteiger partial charge < -0.3 is 9.80 Å². The largest absolute Gasteiger partial charge is 0.338 e. The molecule has 0 atom stereocenters. The Balaban J connectivity index is 1.60. The minimum absolute atomic E-state index is 0.0543. The van der Waals surface area contributed by atoms with Crippen LogP contribution in [0.15, 0.2) is 65.6 Å². The quantitative estimate of drug-likeness (QED) is 0.467. The third-order valence-electron chi connectivity index (χ3n) is 5.49. The van der Waals surface area contributed by atoms with Gasteiger partial charge in [-0.05, 0) is 61.4 Å². The van der Waals surface area contributed by atoms with E-state index in [2.05, 4.69) is 25.3 Å². The summed E-state index contributed by atoms with van der Waals surface area (Å²) in [5.74, 6) is 0.134. The molecule has 0 unspecified atom stereocenters. The van der Waals surface area contributed by atoms with Crippen molar-refractivity contribution in [2.24, 2.45) is 0 Å². The monoisotopic (exact) mass is 422 g/mol. The van der Waals surface area contributed by atoms with Gasteiger partial charge in [-0.15, -0.1) is 11.8 Å². The number of carbonyl (C=O) groups excluding carboxylic acids is 2. The van der Waals surface area contributed by atoms with Crippen LogP contribution in [0.1, 0.15) is 42.1 Å². The van der Waals surface area contributed by atoms with Gasteiger partial charge in [0.05, 0.1) is 0 Å². The van der Waals surface area contributed by atoms with E-state index in [0.717, 1.165) is 36.9 Å². The van der Waals surface area contributed by atoms with Crippen LogP contribution in [-0.4, -0.2) is 53.5 Å². The van der Waals surface area contributed by atoms with Gasteiger partial charge in [0.25, 0.3) is 5.91 Å². The molecule has 1 aliphatic heterocycles. The van der Waals surface area contributed by atoms with Crippen molar-refractivity contribution in [3.8, 4) is 0 Å². The Morgan fingerprint density at radius 2 is 1.73 bits per heavy atom. The Hall–Kier alpha value is -2.53. The molecule has 1 saturated heterocycles. The second kappa shape index (κ2) is 11.0. The standard InChI is InChI=1S/C25H30N2O2S/c1-3-17-27(24(28)14-11-20-9-12-23(30-2)13-10-20)22-15-18-26(19-16-22)25(29)21-7-5-4-6-8-21/h4-14,22H,3,15-19H2,1-2H3/b14-11+. The van der Waals surface area contributed by atoms with E-state index in [-0.39, 0.29) is 17.9 Å². The number of hydrogen-bond donors (Lipinski definition) is 0. The van der Waals surface area contributed by atoms with Gasteiger partial charge in [0.2, 0.25) is 5.91 Å². The highest BCUT2D eigenvalue weighted by Crippen LogP contribution is 2.20. The summed E-state index contributed by atoms with van der Waals surface area (Å²) in [5, 5.41) is 0. The zero-order valence-electron chi connectivity index (χ0n) is 17.8. The first kappa shape index (κ1) is 22.2. The second-order valence-electron chi connectivity index (χ2n) is 7.53. The summed E-state index contributed by atoms with van der Waals surface area (Å²) in [6.07, 6.45) is 8.19. The van der Waals surface area contributed by atoms with E-state index in [4.69, 9.17) is 0 Å². The van der Waals surface area contributed by atoms with Gasteiger partial charge in [0, 0.05) is 42.2 Å². The molecule has 0 N–H and O–H groups in total. The summed E-state index contributed by atoms with van der Waals surface area (Å²) >= 11 is 1.71. The number of thioether (sulfide) groups is 1. The number of amides is 2. The minimum atomic E-state index is 0.0543. The second-order valence-corrected chi connectivity index (χ2v) is 8.41. The highest BCUT2D eigenvalue weighted by Gasteiger charge is 2.28. The Bertz CT molecular complexity index is 856. The van der Waals surface area contributed by atoms with Crippen LogP contribution in [0.5, 0.6) is 0 Å². The topological polar surface area (TPSA) is 40.6 Å². The van der Waals surface area contributed by atoms with Gasteiger partial charge >= 0.3 is 0 Å². The first-order valence-corrected chi connectivity index (χ1v) is 11.8. The molecule has 1 heterocycles. The van der Waals surface area contributed by atoms with Crippen LogP contribution in [0.25, 0.3) is 6.08 Å². The molecule has 30 heavy (non-hydrogen) atoms. The first-order valence-electron chi connectivity index (χ1n) is 10.6. The zero-order valence-corrected chi connectivity index (χ0v) is 18.6. The van der Waals surface area contributed by atoms with E-state index in [1.807, 2.05) is 58.3 Å². The van der Waals surface area contributed by atoms with Gasteiger partial charge in [-0.25, -0.2) is 0 Å². The third-order valence-corrected chi connectivity index (χ3v) is 6.24. The number of piperidine rings is 1. The van der Waals surface area contributed by atoms with Crippen LogP contribution in [0.2, 0.25) is 0 Å². The maximum atomic E-state index is 12.9. The summed E-state index contributed by atoms with van der Waals surface area (Å²) < 4.78 is 0. The molecule has 0 aromatic heterocycles. The van der Waals surface area contributed by atoms with Crippen LogP contribution < -0.4 is 0 Å². The lowest BCUT2D eigenvalue weighted by Gasteiger charge is -2.38. The Morgan fingerprint density at radius 1 is 1.07 bits per heavy atom. The lowest BCUT2D eigenvalue weighted by Crippen LogP contribution is -2.48. The molecule has 0 spiro atoms. The smallest absolute Gasteiger partial charge is 0.253 e. The fourth-order valence-electron chi connectivity index (χ4n) is 3.84. The highest BCUT2D eigenvalue weighted by molar-refractivity contribution is 7.98.